The van der Waals surface area contributed by atoms with E-state index in [9.17, 15) is 16.8 Å². The quantitative estimate of drug-likeness (QED) is 0.792. The van der Waals surface area contributed by atoms with Crippen LogP contribution in [0.15, 0.2) is 15.9 Å². The van der Waals surface area contributed by atoms with Gasteiger partial charge in [-0.15, -0.1) is 0 Å². The minimum absolute atomic E-state index is 0.00608. The van der Waals surface area contributed by atoms with Gasteiger partial charge in [0, 0.05) is 21.4 Å². The van der Waals surface area contributed by atoms with Crippen LogP contribution in [0.2, 0.25) is 0 Å². The molecule has 0 aliphatic heterocycles. The van der Waals surface area contributed by atoms with Crippen LogP contribution in [0, 0.1) is 13.8 Å². The summed E-state index contributed by atoms with van der Waals surface area (Å²) in [5.41, 5.74) is 0.657. The van der Waals surface area contributed by atoms with E-state index in [0.29, 0.717) is 11.1 Å². The fourth-order valence-electron chi connectivity index (χ4n) is 1.52. The molecule has 0 heterocycles. The molecule has 5 nitrogen and oxygen atoms in total. The van der Waals surface area contributed by atoms with Gasteiger partial charge >= 0.3 is 0 Å². The van der Waals surface area contributed by atoms with E-state index in [1.165, 1.54) is 21.0 Å². The standard InChI is InChI=1S/C9H10Cl2O5S2/c1-5-6(2)9(16-3)8(18(11,14)15)4-7(5)17(10,12)13/h4H,1-3H3. The molecule has 0 saturated carbocycles. The average Bonchev–Trinajstić information content (AvgIpc) is 2.17. The van der Waals surface area contributed by atoms with Gasteiger partial charge in [0.15, 0.2) is 0 Å². The third kappa shape index (κ3) is 2.90. The summed E-state index contributed by atoms with van der Waals surface area (Å²) in [7, 11) is 3.54. The van der Waals surface area contributed by atoms with Gasteiger partial charge in [-0.25, -0.2) is 16.8 Å². The van der Waals surface area contributed by atoms with Crippen LogP contribution in [-0.2, 0) is 18.1 Å². The third-order valence-corrected chi connectivity index (χ3v) is 5.26. The molecule has 0 spiro atoms. The summed E-state index contributed by atoms with van der Waals surface area (Å²) in [4.78, 5) is -0.726. The summed E-state index contributed by atoms with van der Waals surface area (Å²) in [6.45, 7) is 3.02. The molecule has 0 bridgehead atoms. The number of rotatable bonds is 3. The predicted octanol–water partition coefficient (Wildman–Crippen LogP) is 2.17. The topological polar surface area (TPSA) is 77.5 Å². The van der Waals surface area contributed by atoms with Crippen LogP contribution in [0.4, 0.5) is 0 Å². The fourth-order valence-corrected chi connectivity index (χ4v) is 3.91. The molecular weight excluding hydrogens is 323 g/mol. The molecule has 0 radical (unpaired) electrons. The molecular formula is C9H10Cl2O5S2. The largest absolute Gasteiger partial charge is 0.495 e. The summed E-state index contributed by atoms with van der Waals surface area (Å²) in [6.07, 6.45) is 0. The van der Waals surface area contributed by atoms with Gasteiger partial charge in [-0.05, 0) is 31.0 Å². The molecule has 0 aliphatic carbocycles. The number of hydrogen-bond acceptors (Lipinski definition) is 5. The zero-order valence-corrected chi connectivity index (χ0v) is 12.8. The van der Waals surface area contributed by atoms with Crippen molar-refractivity contribution in [1.29, 1.82) is 0 Å². The third-order valence-electron chi connectivity index (χ3n) is 2.49. The summed E-state index contributed by atoms with van der Waals surface area (Å²) in [5, 5.41) is 0. The Balaban J connectivity index is 3.91. The van der Waals surface area contributed by atoms with Crippen molar-refractivity contribution in [1.82, 2.24) is 0 Å². The van der Waals surface area contributed by atoms with Crippen LogP contribution in [0.25, 0.3) is 0 Å². The van der Waals surface area contributed by atoms with Crippen molar-refractivity contribution in [3.8, 4) is 5.75 Å². The van der Waals surface area contributed by atoms with Gasteiger partial charge in [0.2, 0.25) is 0 Å². The van der Waals surface area contributed by atoms with E-state index in [4.69, 9.17) is 26.1 Å². The first-order chi connectivity index (χ1) is 8.00. The Hall–Kier alpha value is -0.500. The molecule has 0 N–H and O–H groups in total. The van der Waals surface area contributed by atoms with Gasteiger partial charge in [-0.1, -0.05) is 0 Å². The molecule has 1 aromatic carbocycles. The molecule has 9 heteroatoms. The fraction of sp³-hybridized carbons (Fsp3) is 0.333. The monoisotopic (exact) mass is 332 g/mol. The second kappa shape index (κ2) is 4.88. The van der Waals surface area contributed by atoms with Crippen molar-refractivity contribution in [3.05, 3.63) is 17.2 Å². The van der Waals surface area contributed by atoms with Crippen molar-refractivity contribution in [2.45, 2.75) is 23.6 Å². The maximum Gasteiger partial charge on any atom is 0.265 e. The van der Waals surface area contributed by atoms with Crippen LogP contribution < -0.4 is 4.74 Å². The van der Waals surface area contributed by atoms with Crippen molar-refractivity contribution in [2.75, 3.05) is 7.11 Å². The van der Waals surface area contributed by atoms with Gasteiger partial charge in [-0.3, -0.25) is 0 Å². The summed E-state index contributed by atoms with van der Waals surface area (Å²) >= 11 is 0. The molecule has 0 unspecified atom stereocenters. The van der Waals surface area contributed by atoms with E-state index in [1.54, 1.807) is 0 Å². The Morgan fingerprint density at radius 3 is 1.72 bits per heavy atom. The number of halogens is 2. The van der Waals surface area contributed by atoms with Gasteiger partial charge < -0.3 is 4.74 Å². The van der Waals surface area contributed by atoms with E-state index in [-0.39, 0.29) is 10.6 Å². The molecule has 102 valence electrons. The molecule has 0 fully saturated rings. The van der Waals surface area contributed by atoms with E-state index >= 15 is 0 Å². The van der Waals surface area contributed by atoms with Crippen LogP contribution in [0.3, 0.4) is 0 Å². The van der Waals surface area contributed by atoms with Gasteiger partial charge in [-0.2, -0.15) is 0 Å². The lowest BCUT2D eigenvalue weighted by atomic mass is 10.1. The number of hydrogen-bond donors (Lipinski definition) is 0. The van der Waals surface area contributed by atoms with E-state index < -0.39 is 23.0 Å². The Morgan fingerprint density at radius 2 is 1.39 bits per heavy atom. The first-order valence-corrected chi connectivity index (χ1v) is 9.19. The highest BCUT2D eigenvalue weighted by Crippen LogP contribution is 2.36. The van der Waals surface area contributed by atoms with Crippen molar-refractivity contribution < 1.29 is 21.6 Å². The second-order valence-corrected chi connectivity index (χ2v) is 8.60. The lowest BCUT2D eigenvalue weighted by Gasteiger charge is -2.14. The van der Waals surface area contributed by atoms with Crippen LogP contribution in [0.5, 0.6) is 5.75 Å². The highest BCUT2D eigenvalue weighted by Gasteiger charge is 2.26. The van der Waals surface area contributed by atoms with Crippen molar-refractivity contribution in [2.24, 2.45) is 0 Å². The second-order valence-electron chi connectivity index (χ2n) is 3.53. The Labute approximate surface area is 115 Å². The smallest absolute Gasteiger partial charge is 0.265 e. The summed E-state index contributed by atoms with van der Waals surface area (Å²) < 4.78 is 50.5. The molecule has 0 aliphatic rings. The summed E-state index contributed by atoms with van der Waals surface area (Å²) in [5.74, 6) is 0.00608. The lowest BCUT2D eigenvalue weighted by Crippen LogP contribution is -2.05. The Bertz CT molecular complexity index is 692. The molecule has 0 amide bonds. The van der Waals surface area contributed by atoms with Crippen LogP contribution in [-0.4, -0.2) is 23.9 Å². The predicted molar refractivity (Wildman–Crippen MR) is 68.5 cm³/mol. The Morgan fingerprint density at radius 1 is 0.944 bits per heavy atom. The summed E-state index contributed by atoms with van der Waals surface area (Å²) in [6, 6.07) is 0.895. The minimum Gasteiger partial charge on any atom is -0.495 e. The SMILES string of the molecule is COc1c(S(=O)(=O)Cl)cc(S(=O)(=O)Cl)c(C)c1C. The first-order valence-electron chi connectivity index (χ1n) is 4.57. The van der Waals surface area contributed by atoms with Crippen molar-refractivity contribution in [3.63, 3.8) is 0 Å². The van der Waals surface area contributed by atoms with Crippen LogP contribution >= 0.6 is 21.4 Å². The van der Waals surface area contributed by atoms with E-state index in [1.807, 2.05) is 0 Å². The highest BCUT2D eigenvalue weighted by molar-refractivity contribution is 8.14. The normalized spacial score (nSPS) is 12.5. The zero-order chi connectivity index (χ0) is 14.3. The number of benzene rings is 1. The van der Waals surface area contributed by atoms with E-state index in [0.717, 1.165) is 6.07 Å². The molecule has 0 atom stereocenters. The van der Waals surface area contributed by atoms with Gasteiger partial charge in [0.25, 0.3) is 18.1 Å². The Kier molecular flexibility index (Phi) is 4.22. The molecule has 1 aromatic rings. The minimum atomic E-state index is -4.14. The molecule has 18 heavy (non-hydrogen) atoms. The number of ether oxygens (including phenoxy) is 1. The highest BCUT2D eigenvalue weighted by atomic mass is 35.7. The zero-order valence-electron chi connectivity index (χ0n) is 9.69. The lowest BCUT2D eigenvalue weighted by molar-refractivity contribution is 0.398. The van der Waals surface area contributed by atoms with E-state index in [2.05, 4.69) is 0 Å². The maximum atomic E-state index is 11.4. The van der Waals surface area contributed by atoms with Crippen molar-refractivity contribution >= 4 is 39.5 Å². The molecule has 0 aromatic heterocycles. The maximum absolute atomic E-state index is 11.4. The van der Waals surface area contributed by atoms with Crippen LogP contribution in [0.1, 0.15) is 11.1 Å². The van der Waals surface area contributed by atoms with Gasteiger partial charge in [0.05, 0.1) is 12.0 Å². The number of methoxy groups -OCH3 is 1. The average molecular weight is 333 g/mol. The first kappa shape index (κ1) is 15.6. The molecule has 1 rings (SSSR count). The van der Waals surface area contributed by atoms with Gasteiger partial charge in [0.1, 0.15) is 10.6 Å². The molecule has 0 saturated heterocycles.